The van der Waals surface area contributed by atoms with E-state index in [0.29, 0.717) is 46.7 Å². The van der Waals surface area contributed by atoms with Crippen LogP contribution in [0, 0.1) is 0 Å². The molecule has 0 radical (unpaired) electrons. The summed E-state index contributed by atoms with van der Waals surface area (Å²) in [7, 11) is 0. The van der Waals surface area contributed by atoms with Crippen molar-refractivity contribution in [3.8, 4) is 119 Å². The third kappa shape index (κ3) is 11.0. The lowest BCUT2D eigenvalue weighted by molar-refractivity contribution is 0.954. The van der Waals surface area contributed by atoms with Gasteiger partial charge in [0, 0.05) is 121 Å². The Morgan fingerprint density at radius 1 is 0.185 bits per heavy atom. The summed E-state index contributed by atoms with van der Waals surface area (Å²) in [6.07, 6.45) is 0. The van der Waals surface area contributed by atoms with Crippen molar-refractivity contribution in [2.45, 2.75) is 0 Å². The third-order valence-electron chi connectivity index (χ3n) is 23.2. The molecular formula is C104H57N11S4. The van der Waals surface area contributed by atoms with Crippen LogP contribution in [-0.2, 0) is 0 Å². The van der Waals surface area contributed by atoms with E-state index in [1.54, 1.807) is 45.3 Å². The quantitative estimate of drug-likeness (QED) is 0.115. The Balaban J connectivity index is 0.580. The molecule has 0 atom stereocenters. The summed E-state index contributed by atoms with van der Waals surface area (Å²) in [5.74, 6) is 4.97. The van der Waals surface area contributed by atoms with Crippen molar-refractivity contribution in [3.63, 3.8) is 0 Å². The Labute approximate surface area is 694 Å². The minimum absolute atomic E-state index is 0.562. The molecule has 0 aliphatic carbocycles. The lowest BCUT2D eigenvalue weighted by Gasteiger charge is -2.14. The number of rotatable bonds is 11. The van der Waals surface area contributed by atoms with Gasteiger partial charge in [-0.3, -0.25) is 4.57 Å². The van der Waals surface area contributed by atoms with Crippen LogP contribution >= 0.6 is 45.3 Å². The summed E-state index contributed by atoms with van der Waals surface area (Å²) in [4.78, 5) is 53.6. The number of benzene rings is 16. The van der Waals surface area contributed by atoms with Crippen LogP contribution in [0.3, 0.4) is 0 Å². The van der Waals surface area contributed by atoms with Gasteiger partial charge in [0.1, 0.15) is 0 Å². The fourth-order valence-electron chi connectivity index (χ4n) is 17.6. The van der Waals surface area contributed by atoms with Crippen LogP contribution in [-0.4, -0.2) is 54.4 Å². The molecule has 0 fully saturated rings. The molecule has 0 saturated heterocycles. The third-order valence-corrected chi connectivity index (χ3v) is 27.7. The van der Waals surface area contributed by atoms with Crippen LogP contribution in [0.1, 0.15) is 0 Å². The summed E-state index contributed by atoms with van der Waals surface area (Å²) < 4.78 is 11.2. The average Bonchev–Trinajstić information content (AvgIpc) is 1.74. The van der Waals surface area contributed by atoms with Crippen molar-refractivity contribution in [1.82, 2.24) is 54.4 Å². The number of hydrogen-bond donors (Lipinski definition) is 0. The van der Waals surface area contributed by atoms with Gasteiger partial charge in [0.2, 0.25) is 5.95 Å². The lowest BCUT2D eigenvalue weighted by Crippen LogP contribution is -2.06. The van der Waals surface area contributed by atoms with E-state index in [1.165, 1.54) is 10.1 Å². The second-order valence-corrected chi connectivity index (χ2v) is 34.3. The summed E-state index contributed by atoms with van der Waals surface area (Å²) in [6.45, 7) is 0. The first-order chi connectivity index (χ1) is 58.9. The zero-order valence-corrected chi connectivity index (χ0v) is 66.2. The summed E-state index contributed by atoms with van der Waals surface area (Å²) >= 11 is 7.05. The van der Waals surface area contributed by atoms with Gasteiger partial charge >= 0.3 is 0 Å². The highest BCUT2D eigenvalue weighted by atomic mass is 32.1. The summed E-state index contributed by atoms with van der Waals surface area (Å²) in [6, 6.07) is 122. The van der Waals surface area contributed by atoms with Crippen LogP contribution in [0.15, 0.2) is 346 Å². The van der Waals surface area contributed by atoms with E-state index in [0.717, 1.165) is 198 Å². The van der Waals surface area contributed by atoms with Gasteiger partial charge in [0.05, 0.1) is 42.9 Å². The van der Waals surface area contributed by atoms with Gasteiger partial charge in [-0.1, -0.05) is 285 Å². The Bertz CT molecular complexity index is 8500. The van der Waals surface area contributed by atoms with Crippen molar-refractivity contribution in [2.24, 2.45) is 0 Å². The monoisotopic (exact) mass is 1590 g/mol. The molecule has 9 aromatic heterocycles. The molecule has 9 heterocycles. The topological polar surface area (TPSA) is 134 Å². The largest absolute Gasteiger partial charge is 0.278 e. The van der Waals surface area contributed by atoms with Crippen LogP contribution < -0.4 is 0 Å². The predicted octanol–water partition coefficient (Wildman–Crippen LogP) is 28.3. The molecule has 0 unspecified atom stereocenters. The lowest BCUT2D eigenvalue weighted by atomic mass is 9.91. The molecule has 0 bridgehead atoms. The summed E-state index contributed by atoms with van der Waals surface area (Å²) in [5.41, 5.74) is 16.6. The highest BCUT2D eigenvalue weighted by Gasteiger charge is 2.26. The molecule has 0 saturated carbocycles. The fraction of sp³-hybridized carbons (Fsp3) is 0. The Morgan fingerprint density at radius 2 is 0.521 bits per heavy atom. The van der Waals surface area contributed by atoms with Crippen molar-refractivity contribution in [1.29, 1.82) is 0 Å². The molecule has 16 aromatic carbocycles. The minimum atomic E-state index is 0.562. The summed E-state index contributed by atoms with van der Waals surface area (Å²) in [5, 5.41) is 15.9. The first kappa shape index (κ1) is 67.5. The van der Waals surface area contributed by atoms with Gasteiger partial charge in [0.25, 0.3) is 0 Å². The van der Waals surface area contributed by atoms with Crippen LogP contribution in [0.4, 0.5) is 0 Å². The van der Waals surface area contributed by atoms with E-state index < -0.39 is 0 Å². The Morgan fingerprint density at radius 3 is 1.05 bits per heavy atom. The normalized spacial score (nSPS) is 12.0. The Hall–Kier alpha value is -14.8. The zero-order valence-electron chi connectivity index (χ0n) is 63.0. The van der Waals surface area contributed by atoms with Gasteiger partial charge < -0.3 is 0 Å². The van der Waals surface area contributed by atoms with Crippen LogP contribution in [0.25, 0.3) is 254 Å². The molecule has 552 valence electrons. The van der Waals surface area contributed by atoms with Gasteiger partial charge in [0.15, 0.2) is 40.8 Å². The molecule has 0 aliphatic heterocycles. The number of aromatic nitrogens is 11. The van der Waals surface area contributed by atoms with Gasteiger partial charge in [-0.15, -0.1) is 45.3 Å². The van der Waals surface area contributed by atoms with Crippen molar-refractivity contribution < 1.29 is 0 Å². The Kier molecular flexibility index (Phi) is 15.2. The van der Waals surface area contributed by atoms with E-state index in [1.807, 2.05) is 60.7 Å². The second kappa shape index (κ2) is 26.9. The van der Waals surface area contributed by atoms with Gasteiger partial charge in [-0.2, -0.15) is 9.97 Å². The molecule has 0 spiro atoms. The molecule has 0 amide bonds. The predicted molar refractivity (Wildman–Crippen MR) is 497 cm³/mol. The molecule has 0 aliphatic rings. The van der Waals surface area contributed by atoms with Gasteiger partial charge in [-0.25, -0.2) is 39.9 Å². The first-order valence-corrected chi connectivity index (χ1v) is 42.7. The molecule has 119 heavy (non-hydrogen) atoms. The van der Waals surface area contributed by atoms with E-state index in [-0.39, 0.29) is 0 Å². The zero-order chi connectivity index (χ0) is 77.9. The van der Waals surface area contributed by atoms with Crippen LogP contribution in [0.5, 0.6) is 0 Å². The fourth-order valence-corrected chi connectivity index (χ4v) is 22.3. The number of fused-ring (bicyclic) bond motifs is 21. The molecule has 15 heteroatoms. The number of nitrogens with zero attached hydrogens (tertiary/aromatic N) is 11. The first-order valence-electron chi connectivity index (χ1n) is 39.4. The molecular weight excluding hydrogens is 1530 g/mol. The second-order valence-electron chi connectivity index (χ2n) is 30.0. The molecule has 11 nitrogen and oxygen atoms in total. The average molecular weight is 1590 g/mol. The number of thiophene rings is 4. The molecule has 0 N–H and O–H groups in total. The van der Waals surface area contributed by atoms with Crippen molar-refractivity contribution in [3.05, 3.63) is 346 Å². The van der Waals surface area contributed by atoms with Crippen molar-refractivity contribution in [2.75, 3.05) is 0 Å². The minimum Gasteiger partial charge on any atom is -0.278 e. The van der Waals surface area contributed by atoms with E-state index in [9.17, 15) is 0 Å². The number of para-hydroxylation sites is 2. The van der Waals surface area contributed by atoms with E-state index in [4.69, 9.17) is 49.8 Å². The maximum absolute atomic E-state index is 5.51. The van der Waals surface area contributed by atoms with Crippen LogP contribution in [0.2, 0.25) is 0 Å². The molecule has 25 aromatic rings. The van der Waals surface area contributed by atoms with E-state index >= 15 is 0 Å². The highest BCUT2D eigenvalue weighted by Crippen LogP contribution is 2.49. The van der Waals surface area contributed by atoms with E-state index in [2.05, 4.69) is 290 Å². The standard InChI is InChI=1S/C104H57N11S4/c1-5-23-58(24-6-1)97-105-91(95-93(107-97)75-35-17-20-40-83(75)118-95)64-45-50-73-86(56-64)116-84-41-21-36-77(89(73)84)102-110-99(60-27-9-3-10-28-60)109-101(112-102)66-47-49-70-69-48-43-62(53-79(69)67-31-13-14-32-68(67)80(70)54-66)63-44-52-76-88(55-63)119-96-92(106-98(108-94(76)96)59-25-7-2-8-26-59)65-46-51-74-87(57-65)117-85-42-22-37-78(90(74)85)103-111-100(61-29-11-4-12-30-61)113-104(114-103)115-81-38-18-15-33-71(81)72-34-16-19-39-82(72)115/h1-57H. The molecule has 25 rings (SSSR count). The van der Waals surface area contributed by atoms with Gasteiger partial charge in [-0.05, 0) is 104 Å². The highest BCUT2D eigenvalue weighted by molar-refractivity contribution is 7.27. The maximum atomic E-state index is 5.51. The van der Waals surface area contributed by atoms with Crippen molar-refractivity contribution >= 4 is 180 Å². The number of hydrogen-bond acceptors (Lipinski definition) is 14. The smallest absolute Gasteiger partial charge is 0.238 e. The SMILES string of the molecule is c1ccc(-c2nc(-c3ccc4c5ccc(-c6ccc7c(c6)sc6c(-c8ccc9c(c8)sc8cccc(-c%10nc(-c%11ccccc%11)nc(-n%11c%12ccccc%12c%12ccccc%12%11)n%10)c89)nc(-c8ccccc8)nc67)cc5c5ccccc5c4c3)nc(-c3cccc4sc5cc(-c6nc(-c7ccccc7)nc7c6sc6ccccc67)ccc5c34)n2)cc1. The maximum Gasteiger partial charge on any atom is 0.238 e.